The standard InChI is InChI=1S/C23H20N4O4S/c1-15-12-13-16(2)19(14-15)22-25-26-23(31-22)24-21(28)18-10-6-7-11-20(18)27-32(29,30)17-8-4-3-5-9-17/h3-14,27H,1-2H3,(H,24,26,28). The van der Waals surface area contributed by atoms with Crippen molar-refractivity contribution in [3.63, 3.8) is 0 Å². The Morgan fingerprint density at radius 2 is 1.62 bits per heavy atom. The summed E-state index contributed by atoms with van der Waals surface area (Å²) in [5.74, 6) is -0.313. The SMILES string of the molecule is Cc1ccc(C)c(-c2nnc(NC(=O)c3ccccc3NS(=O)(=O)c3ccccc3)o2)c1. The minimum Gasteiger partial charge on any atom is -0.403 e. The molecule has 0 saturated carbocycles. The van der Waals surface area contributed by atoms with Crippen LogP contribution in [-0.2, 0) is 10.0 Å². The van der Waals surface area contributed by atoms with Crippen LogP contribution >= 0.6 is 0 Å². The number of carbonyl (C=O) groups is 1. The second-order valence-corrected chi connectivity index (χ2v) is 8.83. The van der Waals surface area contributed by atoms with Crippen LogP contribution in [0.5, 0.6) is 0 Å². The molecule has 1 heterocycles. The van der Waals surface area contributed by atoms with E-state index >= 15 is 0 Å². The van der Waals surface area contributed by atoms with Crippen molar-refractivity contribution < 1.29 is 17.6 Å². The summed E-state index contributed by atoms with van der Waals surface area (Å²) in [4.78, 5) is 12.9. The van der Waals surface area contributed by atoms with E-state index in [2.05, 4.69) is 20.2 Å². The normalized spacial score (nSPS) is 11.2. The maximum absolute atomic E-state index is 12.9. The zero-order valence-electron chi connectivity index (χ0n) is 17.4. The molecule has 0 unspecified atom stereocenters. The number of carbonyl (C=O) groups excluding carboxylic acids is 1. The van der Waals surface area contributed by atoms with E-state index in [4.69, 9.17) is 4.42 Å². The summed E-state index contributed by atoms with van der Waals surface area (Å²) in [7, 11) is -3.86. The number of nitrogens with one attached hydrogen (secondary N) is 2. The van der Waals surface area contributed by atoms with E-state index in [-0.39, 0.29) is 28.1 Å². The van der Waals surface area contributed by atoms with Gasteiger partial charge < -0.3 is 4.42 Å². The number of benzene rings is 3. The van der Waals surface area contributed by atoms with Gasteiger partial charge in [-0.05, 0) is 49.7 Å². The molecule has 0 spiro atoms. The van der Waals surface area contributed by atoms with Crippen molar-refractivity contribution in [1.82, 2.24) is 10.2 Å². The van der Waals surface area contributed by atoms with E-state index in [1.165, 1.54) is 24.3 Å². The van der Waals surface area contributed by atoms with E-state index in [0.717, 1.165) is 16.7 Å². The third-order valence-corrected chi connectivity index (χ3v) is 6.12. The molecule has 2 N–H and O–H groups in total. The summed E-state index contributed by atoms with van der Waals surface area (Å²) in [5.41, 5.74) is 3.00. The zero-order valence-corrected chi connectivity index (χ0v) is 18.2. The number of aromatic nitrogens is 2. The van der Waals surface area contributed by atoms with Crippen LogP contribution < -0.4 is 10.0 Å². The van der Waals surface area contributed by atoms with Crippen molar-refractivity contribution in [3.8, 4) is 11.5 Å². The smallest absolute Gasteiger partial charge is 0.322 e. The summed E-state index contributed by atoms with van der Waals surface area (Å²) in [6.07, 6.45) is 0. The summed E-state index contributed by atoms with van der Waals surface area (Å²) in [5, 5.41) is 10.4. The van der Waals surface area contributed by atoms with E-state index in [1.807, 2.05) is 32.0 Å². The van der Waals surface area contributed by atoms with Crippen LogP contribution in [0.15, 0.2) is 82.1 Å². The van der Waals surface area contributed by atoms with Gasteiger partial charge in [0.1, 0.15) is 0 Å². The van der Waals surface area contributed by atoms with Gasteiger partial charge >= 0.3 is 6.01 Å². The molecule has 0 saturated heterocycles. The molecule has 32 heavy (non-hydrogen) atoms. The van der Waals surface area contributed by atoms with Gasteiger partial charge in [-0.1, -0.05) is 53.1 Å². The molecule has 1 aromatic heterocycles. The van der Waals surface area contributed by atoms with Crippen molar-refractivity contribution in [2.45, 2.75) is 18.7 Å². The lowest BCUT2D eigenvalue weighted by Crippen LogP contribution is -2.18. The highest BCUT2D eigenvalue weighted by Crippen LogP contribution is 2.26. The van der Waals surface area contributed by atoms with Gasteiger partial charge in [-0.15, -0.1) is 5.10 Å². The Kier molecular flexibility index (Phi) is 5.74. The van der Waals surface area contributed by atoms with Crippen molar-refractivity contribution >= 4 is 27.6 Å². The first kappa shape index (κ1) is 21.3. The Morgan fingerprint density at radius 3 is 2.41 bits per heavy atom. The third kappa shape index (κ3) is 4.52. The second kappa shape index (κ2) is 8.64. The zero-order chi connectivity index (χ0) is 22.7. The van der Waals surface area contributed by atoms with Gasteiger partial charge in [0.25, 0.3) is 15.9 Å². The van der Waals surface area contributed by atoms with Crippen LogP contribution in [0.1, 0.15) is 21.5 Å². The average Bonchev–Trinajstić information content (AvgIpc) is 3.24. The molecule has 4 aromatic rings. The van der Waals surface area contributed by atoms with E-state index in [1.54, 1.807) is 30.3 Å². The number of hydrogen-bond donors (Lipinski definition) is 2. The van der Waals surface area contributed by atoms with E-state index < -0.39 is 15.9 Å². The number of nitrogens with zero attached hydrogens (tertiary/aromatic N) is 2. The van der Waals surface area contributed by atoms with Crippen LogP contribution in [0.2, 0.25) is 0 Å². The first-order valence-electron chi connectivity index (χ1n) is 9.73. The average molecular weight is 449 g/mol. The fraction of sp³-hybridized carbons (Fsp3) is 0.0870. The Bertz CT molecular complexity index is 1380. The first-order valence-corrected chi connectivity index (χ1v) is 11.2. The van der Waals surface area contributed by atoms with Crippen molar-refractivity contribution in [2.24, 2.45) is 0 Å². The minimum absolute atomic E-state index is 0.0882. The number of amides is 1. The molecule has 9 heteroatoms. The highest BCUT2D eigenvalue weighted by atomic mass is 32.2. The summed E-state index contributed by atoms with van der Waals surface area (Å²) >= 11 is 0. The molecule has 0 fully saturated rings. The lowest BCUT2D eigenvalue weighted by molar-refractivity contribution is 0.102. The highest BCUT2D eigenvalue weighted by molar-refractivity contribution is 7.92. The lowest BCUT2D eigenvalue weighted by atomic mass is 10.1. The minimum atomic E-state index is -3.86. The number of aryl methyl sites for hydroxylation is 2. The molecule has 1 amide bonds. The van der Waals surface area contributed by atoms with Crippen LogP contribution in [0.4, 0.5) is 11.7 Å². The molecule has 0 bridgehead atoms. The van der Waals surface area contributed by atoms with Crippen LogP contribution in [0.25, 0.3) is 11.5 Å². The number of anilines is 2. The molecular weight excluding hydrogens is 428 g/mol. The molecule has 3 aromatic carbocycles. The molecule has 0 aliphatic rings. The number of hydrogen-bond acceptors (Lipinski definition) is 6. The summed E-state index contributed by atoms with van der Waals surface area (Å²) in [6, 6.07) is 19.9. The first-order chi connectivity index (χ1) is 15.3. The maximum atomic E-state index is 12.9. The highest BCUT2D eigenvalue weighted by Gasteiger charge is 2.20. The largest absolute Gasteiger partial charge is 0.403 e. The Morgan fingerprint density at radius 1 is 0.906 bits per heavy atom. The van der Waals surface area contributed by atoms with E-state index in [9.17, 15) is 13.2 Å². The van der Waals surface area contributed by atoms with E-state index in [0.29, 0.717) is 0 Å². The van der Waals surface area contributed by atoms with Gasteiger partial charge in [-0.25, -0.2) is 8.42 Å². The monoisotopic (exact) mass is 448 g/mol. The predicted octanol–water partition coefficient (Wildman–Crippen LogP) is 4.41. The van der Waals surface area contributed by atoms with Crippen LogP contribution in [0.3, 0.4) is 0 Å². The van der Waals surface area contributed by atoms with Crippen molar-refractivity contribution in [2.75, 3.05) is 10.0 Å². The Hall–Kier alpha value is -3.98. The fourth-order valence-electron chi connectivity index (χ4n) is 3.09. The van der Waals surface area contributed by atoms with Gasteiger partial charge in [0, 0.05) is 5.56 Å². The Labute approximate surface area is 185 Å². The van der Waals surface area contributed by atoms with Gasteiger partial charge in [-0.3, -0.25) is 14.8 Å². The molecule has 0 aliphatic carbocycles. The fourth-order valence-corrected chi connectivity index (χ4v) is 4.19. The van der Waals surface area contributed by atoms with Crippen molar-refractivity contribution in [3.05, 3.63) is 89.5 Å². The third-order valence-electron chi connectivity index (χ3n) is 4.74. The molecule has 0 aliphatic heterocycles. The molecule has 162 valence electrons. The van der Waals surface area contributed by atoms with Gasteiger partial charge in [0.2, 0.25) is 5.89 Å². The predicted molar refractivity (Wildman–Crippen MR) is 121 cm³/mol. The second-order valence-electron chi connectivity index (χ2n) is 7.15. The number of para-hydroxylation sites is 1. The van der Waals surface area contributed by atoms with Crippen LogP contribution in [0, 0.1) is 13.8 Å². The van der Waals surface area contributed by atoms with Gasteiger partial charge in [0.15, 0.2) is 0 Å². The molecule has 0 atom stereocenters. The Balaban J connectivity index is 1.57. The number of rotatable bonds is 6. The van der Waals surface area contributed by atoms with Gasteiger partial charge in [-0.2, -0.15) is 0 Å². The summed E-state index contributed by atoms with van der Waals surface area (Å²) in [6.45, 7) is 3.88. The molecule has 0 radical (unpaired) electrons. The summed E-state index contributed by atoms with van der Waals surface area (Å²) < 4.78 is 33.4. The molecule has 4 rings (SSSR count). The maximum Gasteiger partial charge on any atom is 0.322 e. The molecular formula is C23H20N4O4S. The molecule has 8 nitrogen and oxygen atoms in total. The van der Waals surface area contributed by atoms with Crippen molar-refractivity contribution in [1.29, 1.82) is 0 Å². The quantitative estimate of drug-likeness (QED) is 0.452. The van der Waals surface area contributed by atoms with Crippen LogP contribution in [-0.4, -0.2) is 24.5 Å². The van der Waals surface area contributed by atoms with Gasteiger partial charge in [0.05, 0.1) is 16.1 Å². The lowest BCUT2D eigenvalue weighted by Gasteiger charge is -2.11. The number of sulfonamides is 1. The topological polar surface area (TPSA) is 114 Å².